The summed E-state index contributed by atoms with van der Waals surface area (Å²) in [6.45, 7) is 4.69. The minimum Gasteiger partial charge on any atom is -0.496 e. The van der Waals surface area contributed by atoms with E-state index in [4.69, 9.17) is 20.6 Å². The Bertz CT molecular complexity index is 1220. The minimum atomic E-state index is -4.22. The first-order valence-corrected chi connectivity index (χ1v) is 12.6. The van der Waals surface area contributed by atoms with E-state index in [2.05, 4.69) is 5.32 Å². The van der Waals surface area contributed by atoms with Crippen molar-refractivity contribution in [2.45, 2.75) is 51.2 Å². The number of sulfonamides is 1. The molecule has 12 heteroatoms. The SMILES string of the molecule is COc1cc(C)c(S(=O)(=O)N(CCC[C@H](NC(=O)OCc2ccccc2)C(=O)O)C(=N)N)c(C)c1C. The number of hydrogen-bond donors (Lipinski definition) is 4. The van der Waals surface area contributed by atoms with E-state index >= 15 is 0 Å². The molecule has 0 saturated heterocycles. The summed E-state index contributed by atoms with van der Waals surface area (Å²) in [5.41, 5.74) is 7.86. The first-order valence-electron chi connectivity index (χ1n) is 11.1. The largest absolute Gasteiger partial charge is 0.496 e. The average Bonchev–Trinajstić information content (AvgIpc) is 2.81. The molecule has 5 N–H and O–H groups in total. The normalized spacial score (nSPS) is 11.9. The van der Waals surface area contributed by atoms with Gasteiger partial charge in [0.05, 0.1) is 12.0 Å². The van der Waals surface area contributed by atoms with Gasteiger partial charge < -0.3 is 25.6 Å². The zero-order valence-corrected chi connectivity index (χ0v) is 21.5. The monoisotopic (exact) mass is 520 g/mol. The highest BCUT2D eigenvalue weighted by Gasteiger charge is 2.31. The number of nitrogens with one attached hydrogen (secondary N) is 2. The summed E-state index contributed by atoms with van der Waals surface area (Å²) in [7, 11) is -2.73. The van der Waals surface area contributed by atoms with Gasteiger partial charge in [-0.1, -0.05) is 30.3 Å². The molecule has 0 aliphatic rings. The van der Waals surface area contributed by atoms with E-state index < -0.39 is 34.1 Å². The van der Waals surface area contributed by atoms with Gasteiger partial charge >= 0.3 is 12.1 Å². The van der Waals surface area contributed by atoms with Gasteiger partial charge in [0.15, 0.2) is 0 Å². The Morgan fingerprint density at radius 1 is 1.17 bits per heavy atom. The number of aliphatic carboxylic acids is 1. The number of nitrogens with zero attached hydrogens (tertiary/aromatic N) is 1. The fourth-order valence-electron chi connectivity index (χ4n) is 3.71. The van der Waals surface area contributed by atoms with Gasteiger partial charge in [0.25, 0.3) is 10.0 Å². The topological polar surface area (TPSA) is 172 Å². The number of methoxy groups -OCH3 is 1. The van der Waals surface area contributed by atoms with E-state index in [0.29, 0.717) is 22.4 Å². The third-order valence-corrected chi connectivity index (χ3v) is 7.78. The van der Waals surface area contributed by atoms with Crippen molar-refractivity contribution in [3.63, 3.8) is 0 Å². The van der Waals surface area contributed by atoms with Crippen LogP contribution >= 0.6 is 0 Å². The van der Waals surface area contributed by atoms with E-state index in [1.807, 2.05) is 6.07 Å². The molecule has 11 nitrogen and oxygen atoms in total. The molecule has 0 radical (unpaired) electrons. The third-order valence-electron chi connectivity index (χ3n) is 5.67. The highest BCUT2D eigenvalue weighted by molar-refractivity contribution is 7.89. The number of carbonyl (C=O) groups is 2. The molecule has 0 aliphatic carbocycles. The van der Waals surface area contributed by atoms with Crippen molar-refractivity contribution in [3.8, 4) is 5.75 Å². The number of ether oxygens (including phenoxy) is 2. The van der Waals surface area contributed by atoms with Crippen LogP contribution in [0, 0.1) is 26.2 Å². The Hall–Kier alpha value is -3.80. The second-order valence-electron chi connectivity index (χ2n) is 8.18. The predicted molar refractivity (Wildman–Crippen MR) is 133 cm³/mol. The van der Waals surface area contributed by atoms with E-state index in [1.54, 1.807) is 51.1 Å². The molecule has 2 rings (SSSR count). The number of nitrogens with two attached hydrogens (primary N) is 1. The summed E-state index contributed by atoms with van der Waals surface area (Å²) in [6.07, 6.45) is -1.03. The molecular formula is C24H32N4O7S. The summed E-state index contributed by atoms with van der Waals surface area (Å²) in [6, 6.07) is 9.16. The summed E-state index contributed by atoms with van der Waals surface area (Å²) in [4.78, 5) is 23.7. The van der Waals surface area contributed by atoms with Gasteiger partial charge in [-0.3, -0.25) is 5.41 Å². The Morgan fingerprint density at radius 3 is 2.36 bits per heavy atom. The van der Waals surface area contributed by atoms with E-state index in [9.17, 15) is 23.1 Å². The second-order valence-corrected chi connectivity index (χ2v) is 9.98. The van der Waals surface area contributed by atoms with E-state index in [-0.39, 0.29) is 30.9 Å². The molecule has 0 fully saturated rings. The van der Waals surface area contributed by atoms with Crippen molar-refractivity contribution in [2.75, 3.05) is 13.7 Å². The lowest BCUT2D eigenvalue weighted by Gasteiger charge is -2.26. The smallest absolute Gasteiger partial charge is 0.408 e. The number of rotatable bonds is 11. The maximum absolute atomic E-state index is 13.4. The van der Waals surface area contributed by atoms with Gasteiger partial charge in [-0.25, -0.2) is 22.3 Å². The van der Waals surface area contributed by atoms with Crippen LogP contribution in [-0.2, 0) is 26.2 Å². The first-order chi connectivity index (χ1) is 16.9. The van der Waals surface area contributed by atoms with Crippen molar-refractivity contribution in [1.82, 2.24) is 9.62 Å². The lowest BCUT2D eigenvalue weighted by molar-refractivity contribution is -0.139. The zero-order chi connectivity index (χ0) is 27.0. The van der Waals surface area contributed by atoms with Crippen molar-refractivity contribution in [3.05, 3.63) is 58.7 Å². The molecule has 196 valence electrons. The number of carboxylic acid groups (broad SMARTS) is 1. The van der Waals surface area contributed by atoms with Crippen molar-refractivity contribution >= 4 is 28.0 Å². The van der Waals surface area contributed by atoms with Crippen LogP contribution in [-0.4, -0.2) is 55.5 Å². The maximum Gasteiger partial charge on any atom is 0.408 e. The number of carboxylic acids is 1. The van der Waals surface area contributed by atoms with Gasteiger partial charge in [-0.2, -0.15) is 0 Å². The Balaban J connectivity index is 2.10. The van der Waals surface area contributed by atoms with Gasteiger partial charge in [0.1, 0.15) is 18.4 Å². The molecule has 0 aliphatic heterocycles. The number of carbonyl (C=O) groups excluding carboxylic acids is 1. The molecular weight excluding hydrogens is 488 g/mol. The molecule has 2 aromatic rings. The Kier molecular flexibility index (Phi) is 9.68. The van der Waals surface area contributed by atoms with Crippen molar-refractivity contribution in [2.24, 2.45) is 5.73 Å². The van der Waals surface area contributed by atoms with Crippen LogP contribution in [0.3, 0.4) is 0 Å². The minimum absolute atomic E-state index is 0.00196. The summed E-state index contributed by atoms with van der Waals surface area (Å²) < 4.78 is 37.9. The molecule has 36 heavy (non-hydrogen) atoms. The van der Waals surface area contributed by atoms with E-state index in [0.717, 1.165) is 9.87 Å². The predicted octanol–water partition coefficient (Wildman–Crippen LogP) is 2.66. The summed E-state index contributed by atoms with van der Waals surface area (Å²) >= 11 is 0. The maximum atomic E-state index is 13.4. The molecule has 2 aromatic carbocycles. The molecule has 0 heterocycles. The number of amides is 1. The van der Waals surface area contributed by atoms with Crippen molar-refractivity contribution < 1.29 is 32.6 Å². The van der Waals surface area contributed by atoms with Gasteiger partial charge in [0.2, 0.25) is 5.96 Å². The average molecular weight is 521 g/mol. The highest BCUT2D eigenvalue weighted by Crippen LogP contribution is 2.32. The molecule has 0 bridgehead atoms. The molecule has 0 spiro atoms. The van der Waals surface area contributed by atoms with Crippen LogP contribution in [0.1, 0.15) is 35.1 Å². The van der Waals surface area contributed by atoms with Gasteiger partial charge in [-0.15, -0.1) is 0 Å². The van der Waals surface area contributed by atoms with Crippen LogP contribution in [0.15, 0.2) is 41.3 Å². The van der Waals surface area contributed by atoms with Crippen LogP contribution in [0.5, 0.6) is 5.75 Å². The summed E-state index contributed by atoms with van der Waals surface area (Å²) in [5.74, 6) is -1.47. The highest BCUT2D eigenvalue weighted by atomic mass is 32.2. The van der Waals surface area contributed by atoms with Gasteiger partial charge in [-0.05, 0) is 61.9 Å². The van der Waals surface area contributed by atoms with Crippen LogP contribution in [0.2, 0.25) is 0 Å². The first kappa shape index (κ1) is 28.4. The van der Waals surface area contributed by atoms with Crippen molar-refractivity contribution in [1.29, 1.82) is 5.41 Å². The van der Waals surface area contributed by atoms with Gasteiger partial charge in [0, 0.05) is 6.54 Å². The molecule has 0 unspecified atom stereocenters. The van der Waals surface area contributed by atoms with Crippen LogP contribution < -0.4 is 15.8 Å². The number of aryl methyl sites for hydroxylation is 1. The standard InChI is InChI=1S/C24H32N4O7S/c1-15-13-20(34-4)16(2)17(3)21(15)36(32,33)28(23(25)26)12-8-11-19(22(29)30)27-24(31)35-14-18-9-6-5-7-10-18/h5-7,9-10,13,19H,8,11-12,14H2,1-4H3,(H3,25,26)(H,27,31)(H,29,30)/t19-/m0/s1. The fraction of sp³-hybridized carbons (Fsp3) is 0.375. The third kappa shape index (κ3) is 6.87. The fourth-order valence-corrected chi connectivity index (χ4v) is 5.57. The molecule has 1 amide bonds. The number of hydrogen-bond acceptors (Lipinski definition) is 7. The van der Waals surface area contributed by atoms with Crippen LogP contribution in [0.25, 0.3) is 0 Å². The number of alkyl carbamates (subject to hydrolysis) is 1. The number of guanidine groups is 1. The number of benzene rings is 2. The molecule has 1 atom stereocenters. The van der Waals surface area contributed by atoms with E-state index in [1.165, 1.54) is 7.11 Å². The molecule has 0 saturated carbocycles. The second kappa shape index (κ2) is 12.2. The summed E-state index contributed by atoms with van der Waals surface area (Å²) in [5, 5.41) is 19.6. The Morgan fingerprint density at radius 2 is 1.81 bits per heavy atom. The lowest BCUT2D eigenvalue weighted by atomic mass is 10.1. The Labute approximate surface area is 210 Å². The zero-order valence-electron chi connectivity index (χ0n) is 20.7. The lowest BCUT2D eigenvalue weighted by Crippen LogP contribution is -2.44. The van der Waals surface area contributed by atoms with Crippen LogP contribution in [0.4, 0.5) is 4.79 Å². The molecule has 0 aromatic heterocycles. The quantitative estimate of drug-likeness (QED) is 0.258.